The molecule has 0 saturated carbocycles. The molecule has 0 radical (unpaired) electrons. The molecule has 0 atom stereocenters. The minimum absolute atomic E-state index is 0.0723. The van der Waals surface area contributed by atoms with Crippen LogP contribution in [0.15, 0.2) is 68.8 Å². The summed E-state index contributed by atoms with van der Waals surface area (Å²) in [7, 11) is -3.64. The second kappa shape index (κ2) is 6.53. The summed E-state index contributed by atoms with van der Waals surface area (Å²) in [5.41, 5.74) is 1.82. The van der Waals surface area contributed by atoms with E-state index < -0.39 is 10.0 Å². The fraction of sp³-hybridized carbons (Fsp3) is 0.167. The highest BCUT2D eigenvalue weighted by Gasteiger charge is 2.31. The van der Waals surface area contributed by atoms with Gasteiger partial charge in [-0.2, -0.15) is 4.31 Å². The lowest BCUT2D eigenvalue weighted by molar-refractivity contribution is 0.389. The summed E-state index contributed by atoms with van der Waals surface area (Å²) in [5, 5.41) is 3.11. The molecule has 134 valence electrons. The molecule has 0 unspecified atom stereocenters. The van der Waals surface area contributed by atoms with Crippen molar-refractivity contribution >= 4 is 26.0 Å². The lowest BCUT2D eigenvalue weighted by Crippen LogP contribution is -2.37. The number of aromatic nitrogens is 2. The zero-order chi connectivity index (χ0) is 18.3. The Morgan fingerprint density at radius 2 is 1.69 bits per heavy atom. The molecule has 0 amide bonds. The number of nitrogens with one attached hydrogen (secondary N) is 1. The Hall–Kier alpha value is -2.16. The van der Waals surface area contributed by atoms with Crippen molar-refractivity contribution in [3.8, 4) is 5.69 Å². The topological polar surface area (TPSA) is 75.2 Å². The fourth-order valence-electron chi connectivity index (χ4n) is 3.10. The van der Waals surface area contributed by atoms with Gasteiger partial charge in [0.05, 0.1) is 16.1 Å². The summed E-state index contributed by atoms with van der Waals surface area (Å²) >= 11 is 3.31. The fourth-order valence-corrected chi connectivity index (χ4v) is 4.77. The van der Waals surface area contributed by atoms with Gasteiger partial charge in [-0.3, -0.25) is 9.89 Å². The number of aromatic amines is 1. The van der Waals surface area contributed by atoms with Gasteiger partial charge < -0.3 is 0 Å². The van der Waals surface area contributed by atoms with Crippen molar-refractivity contribution in [1.29, 1.82) is 0 Å². The predicted octanol–water partition coefficient (Wildman–Crippen LogP) is 2.68. The molecule has 4 rings (SSSR count). The van der Waals surface area contributed by atoms with Crippen molar-refractivity contribution in [2.24, 2.45) is 0 Å². The molecule has 2 heterocycles. The monoisotopic (exact) mass is 433 g/mol. The Labute approximate surface area is 159 Å². The highest BCUT2D eigenvalue weighted by molar-refractivity contribution is 9.10. The van der Waals surface area contributed by atoms with Crippen LogP contribution in [0.2, 0.25) is 0 Å². The largest absolute Gasteiger partial charge is 0.295 e. The average molecular weight is 434 g/mol. The number of benzene rings is 2. The highest BCUT2D eigenvalue weighted by atomic mass is 79.9. The number of H-pyrrole nitrogens is 1. The molecule has 0 aliphatic carbocycles. The quantitative estimate of drug-likeness (QED) is 0.689. The van der Waals surface area contributed by atoms with Crippen molar-refractivity contribution in [1.82, 2.24) is 14.1 Å². The molecule has 1 N–H and O–H groups in total. The molecule has 26 heavy (non-hydrogen) atoms. The van der Waals surface area contributed by atoms with Crippen LogP contribution < -0.4 is 5.56 Å². The maximum absolute atomic E-state index is 12.9. The van der Waals surface area contributed by atoms with Crippen LogP contribution in [0.1, 0.15) is 11.3 Å². The first-order chi connectivity index (χ1) is 12.5. The molecule has 1 aromatic heterocycles. The van der Waals surface area contributed by atoms with E-state index in [1.54, 1.807) is 24.3 Å². The van der Waals surface area contributed by atoms with Crippen LogP contribution >= 0.6 is 15.9 Å². The van der Waals surface area contributed by atoms with Gasteiger partial charge in [-0.15, -0.1) is 0 Å². The third kappa shape index (κ3) is 2.94. The SMILES string of the molecule is O=c1c2c([nH]n1-c1ccccc1)CCN(S(=O)(=O)c1ccc(Br)cc1)C2. The molecular formula is C18H16BrN3O3S. The molecule has 0 fully saturated rings. The molecular weight excluding hydrogens is 418 g/mol. The Morgan fingerprint density at radius 3 is 2.38 bits per heavy atom. The molecule has 0 saturated heterocycles. The van der Waals surface area contributed by atoms with E-state index in [9.17, 15) is 13.2 Å². The molecule has 0 bridgehead atoms. The van der Waals surface area contributed by atoms with Crippen molar-refractivity contribution < 1.29 is 8.42 Å². The summed E-state index contributed by atoms with van der Waals surface area (Å²) in [6.07, 6.45) is 0.472. The number of para-hydroxylation sites is 1. The number of rotatable bonds is 3. The van der Waals surface area contributed by atoms with Crippen molar-refractivity contribution in [2.75, 3.05) is 6.54 Å². The zero-order valence-corrected chi connectivity index (χ0v) is 16.1. The lowest BCUT2D eigenvalue weighted by Gasteiger charge is -2.25. The predicted molar refractivity (Wildman–Crippen MR) is 102 cm³/mol. The van der Waals surface area contributed by atoms with E-state index >= 15 is 0 Å². The zero-order valence-electron chi connectivity index (χ0n) is 13.7. The van der Waals surface area contributed by atoms with Gasteiger partial charge in [0.1, 0.15) is 0 Å². The third-order valence-electron chi connectivity index (χ3n) is 4.48. The normalized spacial score (nSPS) is 15.0. The van der Waals surface area contributed by atoms with E-state index in [4.69, 9.17) is 0 Å². The Morgan fingerprint density at radius 1 is 1.00 bits per heavy atom. The number of fused-ring (bicyclic) bond motifs is 1. The average Bonchev–Trinajstić information content (AvgIpc) is 2.99. The van der Waals surface area contributed by atoms with Crippen LogP contribution in [0, 0.1) is 0 Å². The van der Waals surface area contributed by atoms with Gasteiger partial charge >= 0.3 is 0 Å². The second-order valence-corrected chi connectivity index (χ2v) is 8.94. The summed E-state index contributed by atoms with van der Waals surface area (Å²) in [5.74, 6) is 0. The van der Waals surface area contributed by atoms with E-state index in [2.05, 4.69) is 21.0 Å². The van der Waals surface area contributed by atoms with Crippen molar-refractivity contribution in [2.45, 2.75) is 17.9 Å². The Kier molecular flexibility index (Phi) is 4.34. The maximum atomic E-state index is 12.9. The maximum Gasteiger partial charge on any atom is 0.276 e. The van der Waals surface area contributed by atoms with Crippen LogP contribution in [0.3, 0.4) is 0 Å². The van der Waals surface area contributed by atoms with E-state index in [1.165, 1.54) is 8.99 Å². The van der Waals surface area contributed by atoms with Crippen LogP contribution in [-0.2, 0) is 23.0 Å². The highest BCUT2D eigenvalue weighted by Crippen LogP contribution is 2.24. The van der Waals surface area contributed by atoms with Gasteiger partial charge in [0.15, 0.2) is 0 Å². The van der Waals surface area contributed by atoms with Gasteiger partial charge in [-0.05, 0) is 36.4 Å². The third-order valence-corrected chi connectivity index (χ3v) is 6.87. The number of halogens is 1. The summed E-state index contributed by atoms with van der Waals surface area (Å²) in [6, 6.07) is 15.8. The number of sulfonamides is 1. The van der Waals surface area contributed by atoms with E-state index in [0.29, 0.717) is 18.5 Å². The van der Waals surface area contributed by atoms with Gasteiger partial charge in [-0.1, -0.05) is 34.1 Å². The van der Waals surface area contributed by atoms with Crippen molar-refractivity contribution in [3.63, 3.8) is 0 Å². The van der Waals surface area contributed by atoms with Crippen LogP contribution in [0.5, 0.6) is 0 Å². The van der Waals surface area contributed by atoms with Crippen LogP contribution in [0.25, 0.3) is 5.69 Å². The Balaban J connectivity index is 1.69. The molecule has 8 heteroatoms. The first kappa shape index (κ1) is 17.3. The number of hydrogen-bond acceptors (Lipinski definition) is 3. The molecule has 0 spiro atoms. The summed E-state index contributed by atoms with van der Waals surface area (Å²) in [4.78, 5) is 13.0. The Bertz CT molecular complexity index is 1100. The van der Waals surface area contributed by atoms with Crippen LogP contribution in [0.4, 0.5) is 0 Å². The van der Waals surface area contributed by atoms with E-state index in [0.717, 1.165) is 15.9 Å². The minimum Gasteiger partial charge on any atom is -0.295 e. The van der Waals surface area contributed by atoms with Crippen LogP contribution in [-0.4, -0.2) is 29.0 Å². The minimum atomic E-state index is -3.64. The summed E-state index contributed by atoms with van der Waals surface area (Å²) < 4.78 is 29.4. The molecule has 6 nitrogen and oxygen atoms in total. The molecule has 1 aliphatic rings. The van der Waals surface area contributed by atoms with Gasteiger partial charge in [0, 0.05) is 29.7 Å². The van der Waals surface area contributed by atoms with Gasteiger partial charge in [0.25, 0.3) is 5.56 Å². The smallest absolute Gasteiger partial charge is 0.276 e. The van der Waals surface area contributed by atoms with Gasteiger partial charge in [0.2, 0.25) is 10.0 Å². The number of hydrogen-bond donors (Lipinski definition) is 1. The van der Waals surface area contributed by atoms with E-state index in [1.807, 2.05) is 30.3 Å². The number of nitrogens with zero attached hydrogens (tertiary/aromatic N) is 2. The standard InChI is InChI=1S/C18H16BrN3O3S/c19-13-6-8-15(9-7-13)26(24,25)21-11-10-17-16(12-21)18(23)22(20-17)14-4-2-1-3-5-14/h1-9,20H,10-12H2. The van der Waals surface area contributed by atoms with Crippen molar-refractivity contribution in [3.05, 3.63) is 80.7 Å². The first-order valence-electron chi connectivity index (χ1n) is 8.11. The molecule has 2 aromatic carbocycles. The molecule has 3 aromatic rings. The van der Waals surface area contributed by atoms with Gasteiger partial charge in [-0.25, -0.2) is 13.1 Å². The second-order valence-electron chi connectivity index (χ2n) is 6.09. The van der Waals surface area contributed by atoms with E-state index in [-0.39, 0.29) is 17.0 Å². The molecule has 1 aliphatic heterocycles. The summed E-state index contributed by atoms with van der Waals surface area (Å²) in [6.45, 7) is 0.406. The lowest BCUT2D eigenvalue weighted by atomic mass is 10.1. The first-order valence-corrected chi connectivity index (χ1v) is 10.3.